The van der Waals surface area contributed by atoms with Gasteiger partial charge in [0.05, 0.1) is 0 Å². The first kappa shape index (κ1) is 25.0. The van der Waals surface area contributed by atoms with Gasteiger partial charge in [-0.3, -0.25) is 5.92 Å². The fourth-order valence-electron chi connectivity index (χ4n) is 0.169. The molecule has 0 rings (SSSR count). The average molecular weight is 243 g/mol. The Morgan fingerprint density at radius 3 is 1.22 bits per heavy atom. The molecule has 0 bridgehead atoms. The van der Waals surface area contributed by atoms with Gasteiger partial charge in [0.1, 0.15) is 0 Å². The molecule has 0 N–H and O–H groups in total. The predicted molar refractivity (Wildman–Crippen MR) is 86.7 cm³/mol. The van der Waals surface area contributed by atoms with Gasteiger partial charge < -0.3 is 0 Å². The van der Waals surface area contributed by atoms with Crippen molar-refractivity contribution in [2.45, 2.75) is 48.5 Å². The zero-order chi connectivity index (χ0) is 15.1. The third-order valence-electron chi connectivity index (χ3n) is 1.07. The van der Waals surface area contributed by atoms with Gasteiger partial charge >= 0.3 is 0 Å². The van der Waals surface area contributed by atoms with Crippen LogP contribution in [0.25, 0.3) is 0 Å². The van der Waals surface area contributed by atoms with E-state index in [2.05, 4.69) is 42.4 Å². The van der Waals surface area contributed by atoms with Gasteiger partial charge in [0.15, 0.2) is 0 Å². The van der Waals surface area contributed by atoms with E-state index in [-0.39, 0.29) is 0 Å². The van der Waals surface area contributed by atoms with E-state index in [1.54, 1.807) is 6.92 Å². The summed E-state index contributed by atoms with van der Waals surface area (Å²) in [6, 6.07) is 0. The lowest BCUT2D eigenvalue weighted by Crippen LogP contribution is -1.48. The van der Waals surface area contributed by atoms with E-state index in [1.165, 1.54) is 0 Å². The van der Waals surface area contributed by atoms with Crippen LogP contribution in [0.5, 0.6) is 0 Å². The zero-order valence-electron chi connectivity index (χ0n) is 13.0. The van der Waals surface area contributed by atoms with Crippen molar-refractivity contribution in [3.05, 3.63) is 31.2 Å². The second-order valence-corrected chi connectivity index (χ2v) is 2.26. The first-order valence-corrected chi connectivity index (χ1v) is 6.08. The van der Waals surface area contributed by atoms with Gasteiger partial charge in [-0.2, -0.15) is 6.92 Å². The van der Waals surface area contributed by atoms with E-state index in [1.807, 2.05) is 65.8 Å². The fraction of sp³-hybridized carbons (Fsp3) is 0.389. The van der Waals surface area contributed by atoms with Gasteiger partial charge in [-0.1, -0.05) is 44.1 Å². The number of hydrogen-bond acceptors (Lipinski definition) is 0. The van der Waals surface area contributed by atoms with Gasteiger partial charge in [0, 0.05) is 0 Å². The third-order valence-corrected chi connectivity index (χ3v) is 1.07. The van der Waals surface area contributed by atoms with Crippen LogP contribution in [0, 0.1) is 42.4 Å². The highest BCUT2D eigenvalue weighted by Gasteiger charge is 1.41. The molecule has 0 atom stereocenters. The average Bonchev–Trinajstić information content (AvgIpc) is 2.46. The number of rotatable bonds is 0. The summed E-state index contributed by atoms with van der Waals surface area (Å²) in [7, 11) is 0. The molecule has 0 nitrogen and oxygen atoms in total. The molecule has 0 saturated heterocycles. The van der Waals surface area contributed by atoms with Crippen molar-refractivity contribution >= 4 is 0 Å². The van der Waals surface area contributed by atoms with E-state index in [9.17, 15) is 0 Å². The van der Waals surface area contributed by atoms with Gasteiger partial charge in [0.25, 0.3) is 0 Å². The van der Waals surface area contributed by atoms with Gasteiger partial charge in [-0.05, 0) is 46.5 Å². The highest BCUT2D eigenvalue weighted by molar-refractivity contribution is 5.35. The molecule has 0 aliphatic carbocycles. The largest absolute Gasteiger partial charge is 0.284 e. The van der Waals surface area contributed by atoms with Crippen LogP contribution in [-0.2, 0) is 0 Å². The lowest BCUT2D eigenvalue weighted by atomic mass is 10.5. The van der Waals surface area contributed by atoms with Crippen LogP contribution < -0.4 is 0 Å². The molecule has 0 aliphatic heterocycles. The van der Waals surface area contributed by atoms with E-state index >= 15 is 0 Å². The Bertz CT molecular complexity index is 293. The first-order chi connectivity index (χ1) is 8.74. The monoisotopic (exact) mass is 243 g/mol. The standard InChI is InChI=1S/C8H5.2C4H8.C2H6/c1-3-5-7-8-6-4-2;2*1-3-4-2;1-2/h1H2,2H3;2*3-4H,1-2H3;1-2H3/q-1;;;. The van der Waals surface area contributed by atoms with Crippen LogP contribution in [0.4, 0.5) is 0 Å². The molecule has 18 heavy (non-hydrogen) atoms. The molecule has 0 spiro atoms. The summed E-state index contributed by atoms with van der Waals surface area (Å²) in [5.41, 5.74) is 0. The Hall–Kier alpha value is -1.97. The van der Waals surface area contributed by atoms with Gasteiger partial charge in [-0.15, -0.1) is 5.92 Å². The second-order valence-electron chi connectivity index (χ2n) is 2.26. The van der Waals surface area contributed by atoms with E-state index in [0.29, 0.717) is 0 Å². The van der Waals surface area contributed by atoms with Crippen LogP contribution >= 0.6 is 0 Å². The zero-order valence-corrected chi connectivity index (χ0v) is 13.0. The Morgan fingerprint density at radius 1 is 0.667 bits per heavy atom. The summed E-state index contributed by atoms with van der Waals surface area (Å²) in [5.74, 6) is 15.0. The van der Waals surface area contributed by atoms with Crippen molar-refractivity contribution in [3.8, 4) is 35.5 Å². The molecule has 0 aromatic heterocycles. The van der Waals surface area contributed by atoms with E-state index < -0.39 is 0 Å². The Morgan fingerprint density at radius 2 is 1.00 bits per heavy atom. The van der Waals surface area contributed by atoms with Crippen molar-refractivity contribution in [1.82, 2.24) is 0 Å². The van der Waals surface area contributed by atoms with E-state index in [0.717, 1.165) is 0 Å². The SMILES string of the molecule is CC.CC=CC.CC=CC.[CH2-]C#CC#CC#CC. The molecule has 0 saturated carbocycles. The molecule has 0 aromatic rings. The molecule has 0 fully saturated rings. The quantitative estimate of drug-likeness (QED) is 0.317. The molecular formula is C18H27-. The minimum atomic E-state index is 1.73. The van der Waals surface area contributed by atoms with Crippen molar-refractivity contribution in [1.29, 1.82) is 0 Å². The summed E-state index contributed by atoms with van der Waals surface area (Å²) in [4.78, 5) is 0. The second kappa shape index (κ2) is 45.9. The molecular weight excluding hydrogens is 216 g/mol. The Balaban J connectivity index is -0.0000000834. The minimum absolute atomic E-state index is 1.73. The maximum Gasteiger partial charge on any atom is -0.00168 e. The molecule has 0 aliphatic rings. The molecule has 100 valence electrons. The third kappa shape index (κ3) is 94.1. The summed E-state index contributed by atoms with van der Waals surface area (Å²) < 4.78 is 0. The van der Waals surface area contributed by atoms with Crippen LogP contribution in [0.3, 0.4) is 0 Å². The van der Waals surface area contributed by atoms with Gasteiger partial charge in [0.2, 0.25) is 0 Å². The lowest BCUT2D eigenvalue weighted by molar-refractivity contribution is 1.50. The van der Waals surface area contributed by atoms with Crippen LogP contribution in [0.2, 0.25) is 0 Å². The van der Waals surface area contributed by atoms with Crippen LogP contribution in [-0.4, -0.2) is 0 Å². The molecule has 0 unspecified atom stereocenters. The summed E-state index contributed by atoms with van der Waals surface area (Å²) >= 11 is 0. The Labute approximate surface area is 116 Å². The summed E-state index contributed by atoms with van der Waals surface area (Å²) in [6.07, 6.45) is 8.00. The summed E-state index contributed by atoms with van der Waals surface area (Å²) in [5, 5.41) is 0. The topological polar surface area (TPSA) is 0 Å². The predicted octanol–water partition coefficient (Wildman–Crippen LogP) is 5.04. The molecule has 0 aromatic carbocycles. The van der Waals surface area contributed by atoms with Crippen LogP contribution in [0.15, 0.2) is 24.3 Å². The highest BCUT2D eigenvalue weighted by Crippen LogP contribution is 1.57. The minimum Gasteiger partial charge on any atom is -0.284 e. The molecule has 0 heterocycles. The van der Waals surface area contributed by atoms with Crippen molar-refractivity contribution in [2.75, 3.05) is 0 Å². The van der Waals surface area contributed by atoms with Crippen LogP contribution in [0.1, 0.15) is 48.5 Å². The molecule has 0 radical (unpaired) electrons. The highest BCUT2D eigenvalue weighted by atomic mass is 13.5. The smallest absolute Gasteiger partial charge is 0.00168 e. The van der Waals surface area contributed by atoms with E-state index in [4.69, 9.17) is 0 Å². The summed E-state index contributed by atoms with van der Waals surface area (Å²) in [6.45, 7) is 17.0. The van der Waals surface area contributed by atoms with Crippen molar-refractivity contribution in [3.63, 3.8) is 0 Å². The first-order valence-electron chi connectivity index (χ1n) is 6.08. The lowest BCUT2D eigenvalue weighted by Gasteiger charge is -1.64. The molecule has 0 heteroatoms. The van der Waals surface area contributed by atoms with Crippen molar-refractivity contribution in [2.24, 2.45) is 0 Å². The van der Waals surface area contributed by atoms with Crippen molar-refractivity contribution < 1.29 is 0 Å². The van der Waals surface area contributed by atoms with Gasteiger partial charge in [-0.25, -0.2) is 5.92 Å². The number of hydrogen-bond donors (Lipinski definition) is 0. The molecule has 0 amide bonds. The number of allylic oxidation sites excluding steroid dienone is 4. The Kier molecular flexibility index (Phi) is 63.8. The maximum atomic E-state index is 3.27. The fourth-order valence-corrected chi connectivity index (χ4v) is 0.169. The normalized spacial score (nSPS) is 6.17. The maximum absolute atomic E-state index is 3.27.